The lowest BCUT2D eigenvalue weighted by molar-refractivity contribution is -0.384. The fourth-order valence-corrected chi connectivity index (χ4v) is 2.27. The van der Waals surface area contributed by atoms with E-state index in [1.807, 2.05) is 12.1 Å². The van der Waals surface area contributed by atoms with Gasteiger partial charge in [-0.15, -0.1) is 22.0 Å². The summed E-state index contributed by atoms with van der Waals surface area (Å²) in [6.07, 6.45) is 0. The molecule has 0 fully saturated rings. The second-order valence-corrected chi connectivity index (χ2v) is 5.83. The number of benzene rings is 1. The van der Waals surface area contributed by atoms with Gasteiger partial charge in [-0.05, 0) is 12.1 Å². The van der Waals surface area contributed by atoms with Crippen molar-refractivity contribution in [2.45, 2.75) is 24.1 Å². The van der Waals surface area contributed by atoms with E-state index < -0.39 is 4.92 Å². The van der Waals surface area contributed by atoms with Crippen LogP contribution in [-0.2, 0) is 0 Å². The van der Waals surface area contributed by atoms with E-state index >= 15 is 0 Å². The molecule has 0 aliphatic rings. The van der Waals surface area contributed by atoms with Crippen LogP contribution in [0.15, 0.2) is 41.4 Å². The van der Waals surface area contributed by atoms with E-state index in [2.05, 4.69) is 24.0 Å². The summed E-state index contributed by atoms with van der Waals surface area (Å²) >= 11 is 1.63. The van der Waals surface area contributed by atoms with E-state index in [0.29, 0.717) is 16.5 Å². The molecule has 6 heteroatoms. The lowest BCUT2D eigenvalue weighted by Gasteiger charge is -2.04. The zero-order valence-corrected chi connectivity index (χ0v) is 11.4. The SMILES string of the molecule is CC(C)Sc1ccc(-c2cccc([N+](=O)[O-])c2)nn1. The van der Waals surface area contributed by atoms with Gasteiger partial charge < -0.3 is 0 Å². The first kappa shape index (κ1) is 13.5. The van der Waals surface area contributed by atoms with Crippen molar-refractivity contribution in [2.75, 3.05) is 0 Å². The van der Waals surface area contributed by atoms with Gasteiger partial charge in [0, 0.05) is 22.9 Å². The normalized spacial score (nSPS) is 10.7. The Morgan fingerprint density at radius 2 is 2.00 bits per heavy atom. The Morgan fingerprint density at radius 1 is 1.21 bits per heavy atom. The number of rotatable bonds is 4. The zero-order valence-electron chi connectivity index (χ0n) is 10.6. The van der Waals surface area contributed by atoms with Gasteiger partial charge in [-0.1, -0.05) is 26.0 Å². The summed E-state index contributed by atoms with van der Waals surface area (Å²) in [4.78, 5) is 10.3. The first-order valence-electron chi connectivity index (χ1n) is 5.81. The minimum absolute atomic E-state index is 0.0555. The largest absolute Gasteiger partial charge is 0.270 e. The lowest BCUT2D eigenvalue weighted by Crippen LogP contribution is -1.93. The molecule has 0 N–H and O–H groups in total. The summed E-state index contributed by atoms with van der Waals surface area (Å²) in [6.45, 7) is 4.17. The molecular weight excluding hydrogens is 262 g/mol. The molecule has 19 heavy (non-hydrogen) atoms. The summed E-state index contributed by atoms with van der Waals surface area (Å²) in [5, 5.41) is 20.2. The average molecular weight is 275 g/mol. The standard InChI is InChI=1S/C13H13N3O2S/c1-9(2)19-13-7-6-12(14-15-13)10-4-3-5-11(8-10)16(17)18/h3-9H,1-2H3. The molecule has 0 saturated carbocycles. The van der Waals surface area contributed by atoms with Crippen molar-refractivity contribution in [3.8, 4) is 11.3 Å². The van der Waals surface area contributed by atoms with Crippen LogP contribution >= 0.6 is 11.8 Å². The Balaban J connectivity index is 2.27. The summed E-state index contributed by atoms with van der Waals surface area (Å²) in [7, 11) is 0. The van der Waals surface area contributed by atoms with Crippen molar-refractivity contribution in [3.05, 3.63) is 46.5 Å². The molecule has 0 saturated heterocycles. The molecule has 0 amide bonds. The molecule has 0 bridgehead atoms. The number of aromatic nitrogens is 2. The second kappa shape index (κ2) is 5.79. The van der Waals surface area contributed by atoms with Crippen molar-refractivity contribution in [1.29, 1.82) is 0 Å². The Morgan fingerprint density at radius 3 is 2.58 bits per heavy atom. The highest BCUT2D eigenvalue weighted by molar-refractivity contribution is 7.99. The Kier molecular flexibility index (Phi) is 4.11. The van der Waals surface area contributed by atoms with Crippen molar-refractivity contribution < 1.29 is 4.92 Å². The number of thioether (sulfide) groups is 1. The fraction of sp³-hybridized carbons (Fsp3) is 0.231. The third kappa shape index (κ3) is 3.51. The first-order chi connectivity index (χ1) is 9.06. The van der Waals surface area contributed by atoms with Gasteiger partial charge in [0.05, 0.1) is 10.6 Å². The Labute approximate surface area is 115 Å². The second-order valence-electron chi connectivity index (χ2n) is 4.23. The molecule has 1 aromatic heterocycles. The molecule has 2 aromatic rings. The minimum atomic E-state index is -0.417. The van der Waals surface area contributed by atoms with Gasteiger partial charge in [0.2, 0.25) is 0 Å². The molecule has 0 unspecified atom stereocenters. The molecular formula is C13H13N3O2S. The maximum atomic E-state index is 10.7. The molecule has 0 radical (unpaired) electrons. The zero-order chi connectivity index (χ0) is 13.8. The van der Waals surface area contributed by atoms with E-state index in [1.165, 1.54) is 12.1 Å². The van der Waals surface area contributed by atoms with Crippen molar-refractivity contribution in [3.63, 3.8) is 0 Å². The summed E-state index contributed by atoms with van der Waals surface area (Å²) < 4.78 is 0. The Bertz CT molecular complexity index is 585. The highest BCUT2D eigenvalue weighted by Crippen LogP contribution is 2.24. The molecule has 98 valence electrons. The minimum Gasteiger partial charge on any atom is -0.258 e. The van der Waals surface area contributed by atoms with Gasteiger partial charge in [-0.2, -0.15) is 0 Å². The quantitative estimate of drug-likeness (QED) is 0.485. The number of hydrogen-bond acceptors (Lipinski definition) is 5. The predicted molar refractivity (Wildman–Crippen MR) is 75.1 cm³/mol. The number of hydrogen-bond donors (Lipinski definition) is 0. The number of nitro benzene ring substituents is 1. The molecule has 5 nitrogen and oxygen atoms in total. The topological polar surface area (TPSA) is 68.9 Å². The molecule has 0 aliphatic carbocycles. The molecule has 0 spiro atoms. The van der Waals surface area contributed by atoms with Gasteiger partial charge in [0.15, 0.2) is 0 Å². The first-order valence-corrected chi connectivity index (χ1v) is 6.69. The van der Waals surface area contributed by atoms with E-state index in [4.69, 9.17) is 0 Å². The third-order valence-corrected chi connectivity index (χ3v) is 3.28. The summed E-state index contributed by atoms with van der Waals surface area (Å²) in [6, 6.07) is 10.1. The van der Waals surface area contributed by atoms with Gasteiger partial charge in [-0.25, -0.2) is 0 Å². The van der Waals surface area contributed by atoms with Gasteiger partial charge in [0.1, 0.15) is 5.03 Å². The molecule has 2 rings (SSSR count). The molecule has 0 atom stereocenters. The van der Waals surface area contributed by atoms with Crippen LogP contribution < -0.4 is 0 Å². The van der Waals surface area contributed by atoms with E-state index in [0.717, 1.165) is 5.03 Å². The van der Waals surface area contributed by atoms with Crippen LogP contribution in [0.4, 0.5) is 5.69 Å². The van der Waals surface area contributed by atoms with Crippen LogP contribution in [0.25, 0.3) is 11.3 Å². The number of nitrogens with zero attached hydrogens (tertiary/aromatic N) is 3. The molecule has 0 aliphatic heterocycles. The third-order valence-electron chi connectivity index (χ3n) is 2.35. The predicted octanol–water partition coefficient (Wildman–Crippen LogP) is 3.55. The van der Waals surface area contributed by atoms with E-state index in [-0.39, 0.29) is 5.69 Å². The fourth-order valence-electron chi connectivity index (χ4n) is 1.56. The van der Waals surface area contributed by atoms with Gasteiger partial charge in [-0.3, -0.25) is 10.1 Å². The molecule has 1 heterocycles. The maximum absolute atomic E-state index is 10.7. The van der Waals surface area contributed by atoms with Crippen LogP contribution in [0.2, 0.25) is 0 Å². The Hall–Kier alpha value is -1.95. The van der Waals surface area contributed by atoms with Crippen LogP contribution in [0, 0.1) is 10.1 Å². The lowest BCUT2D eigenvalue weighted by atomic mass is 10.1. The van der Waals surface area contributed by atoms with Crippen LogP contribution in [0.5, 0.6) is 0 Å². The number of non-ortho nitro benzene ring substituents is 1. The van der Waals surface area contributed by atoms with E-state index in [9.17, 15) is 10.1 Å². The summed E-state index contributed by atoms with van der Waals surface area (Å²) in [5.41, 5.74) is 1.39. The van der Waals surface area contributed by atoms with Crippen LogP contribution in [-0.4, -0.2) is 20.4 Å². The van der Waals surface area contributed by atoms with Gasteiger partial charge in [0.25, 0.3) is 5.69 Å². The molecule has 1 aromatic carbocycles. The summed E-state index contributed by atoms with van der Waals surface area (Å²) in [5.74, 6) is 0. The highest BCUT2D eigenvalue weighted by Gasteiger charge is 2.08. The van der Waals surface area contributed by atoms with Crippen LogP contribution in [0.1, 0.15) is 13.8 Å². The average Bonchev–Trinajstić information content (AvgIpc) is 2.39. The van der Waals surface area contributed by atoms with Gasteiger partial charge >= 0.3 is 0 Å². The maximum Gasteiger partial charge on any atom is 0.270 e. The van der Waals surface area contributed by atoms with Crippen molar-refractivity contribution >= 4 is 17.4 Å². The van der Waals surface area contributed by atoms with Crippen molar-refractivity contribution in [2.24, 2.45) is 0 Å². The smallest absolute Gasteiger partial charge is 0.258 e. The highest BCUT2D eigenvalue weighted by atomic mass is 32.2. The van der Waals surface area contributed by atoms with Crippen molar-refractivity contribution in [1.82, 2.24) is 10.2 Å². The number of nitro groups is 1. The van der Waals surface area contributed by atoms with E-state index in [1.54, 1.807) is 23.9 Å². The van der Waals surface area contributed by atoms with Crippen LogP contribution in [0.3, 0.4) is 0 Å². The monoisotopic (exact) mass is 275 g/mol.